The summed E-state index contributed by atoms with van der Waals surface area (Å²) in [4.78, 5) is 16.3. The van der Waals surface area contributed by atoms with Crippen molar-refractivity contribution in [2.45, 2.75) is 13.3 Å². The number of hydroxylamine groups is 2. The molecule has 1 aliphatic heterocycles. The maximum absolute atomic E-state index is 11.2. The van der Waals surface area contributed by atoms with Crippen LogP contribution in [0.25, 0.3) is 0 Å². The molecule has 0 bridgehead atoms. The molecular formula is C7H11NO2. The number of fused-ring (bicyclic) bond motifs is 1. The van der Waals surface area contributed by atoms with E-state index in [9.17, 15) is 4.79 Å². The van der Waals surface area contributed by atoms with Gasteiger partial charge in [0, 0.05) is 18.4 Å². The maximum Gasteiger partial charge on any atom is 0.249 e. The summed E-state index contributed by atoms with van der Waals surface area (Å²) in [5.74, 6) is 0.403. The summed E-state index contributed by atoms with van der Waals surface area (Å²) in [6, 6.07) is 0. The first kappa shape index (κ1) is 6.16. The number of rotatable bonds is 0. The molecule has 1 saturated heterocycles. The number of hydrogen-bond acceptors (Lipinski definition) is 2. The quantitative estimate of drug-likeness (QED) is 0.489. The van der Waals surface area contributed by atoms with Crippen molar-refractivity contribution in [2.75, 3.05) is 13.7 Å². The predicted octanol–water partition coefficient (Wildman–Crippen LogP) is 0.416. The van der Waals surface area contributed by atoms with Crippen molar-refractivity contribution in [3.63, 3.8) is 0 Å². The summed E-state index contributed by atoms with van der Waals surface area (Å²) in [5.41, 5.74) is 0.184. The van der Waals surface area contributed by atoms with E-state index in [0.29, 0.717) is 6.61 Å². The molecule has 0 aromatic rings. The highest BCUT2D eigenvalue weighted by atomic mass is 16.7. The van der Waals surface area contributed by atoms with Crippen molar-refractivity contribution >= 4 is 5.91 Å². The molecule has 2 rings (SSSR count). The fourth-order valence-electron chi connectivity index (χ4n) is 1.48. The molecule has 0 N–H and O–H groups in total. The molecule has 10 heavy (non-hydrogen) atoms. The fourth-order valence-corrected chi connectivity index (χ4v) is 1.48. The van der Waals surface area contributed by atoms with Gasteiger partial charge in [0.25, 0.3) is 0 Å². The van der Waals surface area contributed by atoms with E-state index in [1.807, 2.05) is 0 Å². The lowest BCUT2D eigenvalue weighted by Crippen LogP contribution is -2.37. The minimum Gasteiger partial charge on any atom is -0.272 e. The lowest BCUT2D eigenvalue weighted by molar-refractivity contribution is -0.197. The van der Waals surface area contributed by atoms with Gasteiger partial charge in [0.05, 0.1) is 6.61 Å². The minimum absolute atomic E-state index is 0.147. The van der Waals surface area contributed by atoms with E-state index in [4.69, 9.17) is 4.84 Å². The second-order valence-corrected chi connectivity index (χ2v) is 3.52. The zero-order valence-corrected chi connectivity index (χ0v) is 6.26. The van der Waals surface area contributed by atoms with E-state index < -0.39 is 0 Å². The first-order valence-electron chi connectivity index (χ1n) is 3.54. The summed E-state index contributed by atoms with van der Waals surface area (Å²) in [5, 5.41) is 1.36. The molecule has 0 spiro atoms. The molecule has 2 fully saturated rings. The molecule has 2 aliphatic rings. The third kappa shape index (κ3) is 0.611. The van der Waals surface area contributed by atoms with Gasteiger partial charge in [-0.05, 0) is 6.42 Å². The van der Waals surface area contributed by atoms with Gasteiger partial charge in [-0.3, -0.25) is 9.63 Å². The Morgan fingerprint density at radius 2 is 2.50 bits per heavy atom. The van der Waals surface area contributed by atoms with E-state index in [0.717, 1.165) is 6.42 Å². The number of carbonyl (C=O) groups excluding carboxylic acids is 1. The van der Waals surface area contributed by atoms with Crippen LogP contribution in [-0.4, -0.2) is 24.6 Å². The largest absolute Gasteiger partial charge is 0.272 e. The third-order valence-corrected chi connectivity index (χ3v) is 2.55. The Labute approximate surface area is 59.9 Å². The van der Waals surface area contributed by atoms with E-state index in [1.165, 1.54) is 5.06 Å². The molecule has 1 aliphatic carbocycles. The van der Waals surface area contributed by atoms with Crippen LogP contribution in [0.3, 0.4) is 0 Å². The van der Waals surface area contributed by atoms with Crippen LogP contribution < -0.4 is 0 Å². The fraction of sp³-hybridized carbons (Fsp3) is 0.857. The molecule has 1 amide bonds. The van der Waals surface area contributed by atoms with Crippen LogP contribution in [0, 0.1) is 11.3 Å². The van der Waals surface area contributed by atoms with Crippen LogP contribution in [0.5, 0.6) is 0 Å². The second kappa shape index (κ2) is 1.53. The monoisotopic (exact) mass is 141 g/mol. The first-order chi connectivity index (χ1) is 4.63. The highest BCUT2D eigenvalue weighted by Crippen LogP contribution is 2.55. The van der Waals surface area contributed by atoms with Crippen LogP contribution in [0.15, 0.2) is 0 Å². The van der Waals surface area contributed by atoms with Crippen LogP contribution in [0.4, 0.5) is 0 Å². The zero-order valence-electron chi connectivity index (χ0n) is 6.26. The van der Waals surface area contributed by atoms with Gasteiger partial charge in [0.15, 0.2) is 0 Å². The summed E-state index contributed by atoms with van der Waals surface area (Å²) in [6.45, 7) is 2.81. The average Bonchev–Trinajstić information content (AvgIpc) is 2.56. The zero-order chi connectivity index (χ0) is 7.35. The van der Waals surface area contributed by atoms with Gasteiger partial charge in [0.1, 0.15) is 0 Å². The first-order valence-corrected chi connectivity index (χ1v) is 3.54. The van der Waals surface area contributed by atoms with Gasteiger partial charge >= 0.3 is 0 Å². The van der Waals surface area contributed by atoms with Crippen molar-refractivity contribution < 1.29 is 9.63 Å². The number of amides is 1. The normalized spacial score (nSPS) is 45.2. The molecule has 3 nitrogen and oxygen atoms in total. The summed E-state index contributed by atoms with van der Waals surface area (Å²) >= 11 is 0. The standard InChI is InChI=1S/C7H11NO2/c1-7-3-5(7)6(9)8(2)10-4-7/h5H,3-4H2,1-2H3. The Kier molecular flexibility index (Phi) is 0.944. The number of hydrogen-bond donors (Lipinski definition) is 0. The van der Waals surface area contributed by atoms with Crippen LogP contribution in [0.2, 0.25) is 0 Å². The van der Waals surface area contributed by atoms with Gasteiger partial charge in [0.2, 0.25) is 5.91 Å². The van der Waals surface area contributed by atoms with Crippen LogP contribution in [-0.2, 0) is 9.63 Å². The van der Waals surface area contributed by atoms with Crippen molar-refractivity contribution in [3.8, 4) is 0 Å². The lowest BCUT2D eigenvalue weighted by atomic mass is 10.1. The molecule has 1 heterocycles. The van der Waals surface area contributed by atoms with Crippen molar-refractivity contribution in [3.05, 3.63) is 0 Å². The molecule has 1 saturated carbocycles. The molecule has 2 atom stereocenters. The molecule has 3 heteroatoms. The van der Waals surface area contributed by atoms with Crippen molar-refractivity contribution in [1.82, 2.24) is 5.06 Å². The van der Waals surface area contributed by atoms with Crippen molar-refractivity contribution in [1.29, 1.82) is 0 Å². The Morgan fingerprint density at radius 3 is 3.10 bits per heavy atom. The van der Waals surface area contributed by atoms with E-state index in [2.05, 4.69) is 6.92 Å². The summed E-state index contributed by atoms with van der Waals surface area (Å²) < 4.78 is 0. The van der Waals surface area contributed by atoms with Gasteiger partial charge in [-0.1, -0.05) is 6.92 Å². The van der Waals surface area contributed by atoms with Gasteiger partial charge in [-0.2, -0.15) is 0 Å². The molecule has 0 aromatic carbocycles. The van der Waals surface area contributed by atoms with Crippen LogP contribution >= 0.6 is 0 Å². The molecule has 2 unspecified atom stereocenters. The van der Waals surface area contributed by atoms with Gasteiger partial charge in [-0.15, -0.1) is 0 Å². The highest BCUT2D eigenvalue weighted by molar-refractivity contribution is 5.82. The molecular weight excluding hydrogens is 130 g/mol. The van der Waals surface area contributed by atoms with E-state index in [1.54, 1.807) is 7.05 Å². The Morgan fingerprint density at radius 1 is 1.80 bits per heavy atom. The molecule has 0 radical (unpaired) electrons. The van der Waals surface area contributed by atoms with Gasteiger partial charge < -0.3 is 0 Å². The smallest absolute Gasteiger partial charge is 0.249 e. The topological polar surface area (TPSA) is 29.5 Å². The van der Waals surface area contributed by atoms with E-state index in [-0.39, 0.29) is 17.2 Å². The van der Waals surface area contributed by atoms with E-state index >= 15 is 0 Å². The molecule has 56 valence electrons. The number of nitrogens with zero attached hydrogens (tertiary/aromatic N) is 1. The minimum atomic E-state index is 0.147. The second-order valence-electron chi connectivity index (χ2n) is 3.52. The van der Waals surface area contributed by atoms with Crippen LogP contribution in [0.1, 0.15) is 13.3 Å². The third-order valence-electron chi connectivity index (χ3n) is 2.55. The average molecular weight is 141 g/mol. The predicted molar refractivity (Wildman–Crippen MR) is 34.9 cm³/mol. The number of carbonyl (C=O) groups is 1. The molecule has 0 aromatic heterocycles. The Balaban J connectivity index is 2.16. The SMILES string of the molecule is CN1OCC2(C)CC2C1=O. The maximum atomic E-state index is 11.2. The summed E-state index contributed by atoms with van der Waals surface area (Å²) in [7, 11) is 1.68. The van der Waals surface area contributed by atoms with Crippen molar-refractivity contribution in [2.24, 2.45) is 11.3 Å². The Bertz CT molecular complexity index is 192. The summed E-state index contributed by atoms with van der Waals surface area (Å²) in [6.07, 6.45) is 1.01. The highest BCUT2D eigenvalue weighted by Gasteiger charge is 2.58. The lowest BCUT2D eigenvalue weighted by Gasteiger charge is -2.25. The van der Waals surface area contributed by atoms with Gasteiger partial charge in [-0.25, -0.2) is 5.06 Å². The Hall–Kier alpha value is -0.570.